The molecule has 2 atom stereocenters. The van der Waals surface area contributed by atoms with E-state index in [0.29, 0.717) is 24.2 Å². The molecule has 192 valence electrons. The van der Waals surface area contributed by atoms with Gasteiger partial charge in [-0.15, -0.1) is 0 Å². The molecular formula is C33H36O4. The fraction of sp³-hybridized carbons (Fsp3) is 0.394. The van der Waals surface area contributed by atoms with E-state index in [1.54, 1.807) is 6.07 Å². The fourth-order valence-corrected chi connectivity index (χ4v) is 6.09. The average Bonchev–Trinajstić information content (AvgIpc) is 2.81. The molecule has 1 spiro atoms. The molecule has 0 aromatic heterocycles. The SMILES string of the molecule is Cc1ccc2c(c1)C(=O)[C@@]1(CC2)C(=O)Oc2ccccc2[C@@H]1c1cc(C(C)(C)C)c(O)c(C(C)(C)C)c1. The second-order valence-corrected chi connectivity index (χ2v) is 12.8. The number of fused-ring (bicyclic) bond motifs is 2. The van der Waals surface area contributed by atoms with Crippen LogP contribution in [-0.4, -0.2) is 16.9 Å². The van der Waals surface area contributed by atoms with Gasteiger partial charge >= 0.3 is 5.97 Å². The van der Waals surface area contributed by atoms with E-state index in [4.69, 9.17) is 4.74 Å². The van der Waals surface area contributed by atoms with Crippen LogP contribution in [0.15, 0.2) is 54.6 Å². The highest BCUT2D eigenvalue weighted by atomic mass is 16.5. The molecule has 0 bridgehead atoms. The van der Waals surface area contributed by atoms with Crippen LogP contribution in [0.3, 0.4) is 0 Å². The van der Waals surface area contributed by atoms with Crippen LogP contribution in [0.5, 0.6) is 11.5 Å². The van der Waals surface area contributed by atoms with Crippen LogP contribution in [0.25, 0.3) is 0 Å². The van der Waals surface area contributed by atoms with Gasteiger partial charge in [0.1, 0.15) is 16.9 Å². The van der Waals surface area contributed by atoms with Crippen molar-refractivity contribution in [2.75, 3.05) is 0 Å². The number of hydrogen-bond donors (Lipinski definition) is 1. The molecule has 0 unspecified atom stereocenters. The van der Waals surface area contributed by atoms with Crippen LogP contribution in [-0.2, 0) is 22.0 Å². The van der Waals surface area contributed by atoms with Gasteiger partial charge in [-0.2, -0.15) is 0 Å². The Morgan fingerprint density at radius 2 is 1.51 bits per heavy atom. The number of carbonyl (C=O) groups is 2. The molecule has 4 heteroatoms. The Morgan fingerprint density at radius 1 is 0.892 bits per heavy atom. The lowest BCUT2D eigenvalue weighted by Crippen LogP contribution is -2.52. The Hall–Kier alpha value is -3.40. The number of esters is 1. The number of aromatic hydroxyl groups is 1. The highest BCUT2D eigenvalue weighted by Gasteiger charge is 2.59. The van der Waals surface area contributed by atoms with Gasteiger partial charge in [-0.05, 0) is 65.0 Å². The summed E-state index contributed by atoms with van der Waals surface area (Å²) in [6.45, 7) is 14.4. The van der Waals surface area contributed by atoms with Gasteiger partial charge in [0.2, 0.25) is 0 Å². The third kappa shape index (κ3) is 3.89. The summed E-state index contributed by atoms with van der Waals surface area (Å²) in [5, 5.41) is 11.4. The molecule has 5 rings (SSSR count). The first-order valence-electron chi connectivity index (χ1n) is 13.1. The van der Waals surface area contributed by atoms with Crippen molar-refractivity contribution in [2.45, 2.75) is 78.1 Å². The van der Waals surface area contributed by atoms with Crippen LogP contribution in [0.4, 0.5) is 0 Å². The number of Topliss-reactive ketones (excluding diaryl/α,β-unsaturated/α-hetero) is 1. The molecule has 3 aromatic carbocycles. The van der Waals surface area contributed by atoms with Gasteiger partial charge in [-0.25, -0.2) is 0 Å². The van der Waals surface area contributed by atoms with Crippen LogP contribution in [0.1, 0.15) is 97.6 Å². The van der Waals surface area contributed by atoms with Crippen molar-refractivity contribution in [3.63, 3.8) is 0 Å². The van der Waals surface area contributed by atoms with Crippen LogP contribution < -0.4 is 4.74 Å². The summed E-state index contributed by atoms with van der Waals surface area (Å²) in [7, 11) is 0. The minimum Gasteiger partial charge on any atom is -0.507 e. The summed E-state index contributed by atoms with van der Waals surface area (Å²) in [6, 6.07) is 17.5. The van der Waals surface area contributed by atoms with Crippen LogP contribution in [0, 0.1) is 12.3 Å². The number of rotatable bonds is 1. The Kier molecular flexibility index (Phi) is 5.67. The summed E-state index contributed by atoms with van der Waals surface area (Å²) in [6.07, 6.45) is 0.988. The van der Waals surface area contributed by atoms with Gasteiger partial charge < -0.3 is 9.84 Å². The first kappa shape index (κ1) is 25.3. The van der Waals surface area contributed by atoms with E-state index in [0.717, 1.165) is 33.4 Å². The average molecular weight is 497 g/mol. The summed E-state index contributed by atoms with van der Waals surface area (Å²) in [5.74, 6) is -0.427. The van der Waals surface area contributed by atoms with E-state index in [1.165, 1.54) is 0 Å². The highest BCUT2D eigenvalue weighted by molar-refractivity contribution is 6.16. The minimum absolute atomic E-state index is 0.176. The van der Waals surface area contributed by atoms with Crippen molar-refractivity contribution >= 4 is 11.8 Å². The largest absolute Gasteiger partial charge is 0.507 e. The second-order valence-electron chi connectivity index (χ2n) is 12.8. The van der Waals surface area contributed by atoms with Crippen molar-refractivity contribution in [3.8, 4) is 11.5 Å². The minimum atomic E-state index is -1.38. The van der Waals surface area contributed by atoms with Crippen molar-refractivity contribution < 1.29 is 19.4 Å². The van der Waals surface area contributed by atoms with Crippen LogP contribution in [0.2, 0.25) is 0 Å². The third-order valence-corrected chi connectivity index (χ3v) is 8.08. The quantitative estimate of drug-likeness (QED) is 0.220. The summed E-state index contributed by atoms with van der Waals surface area (Å²) >= 11 is 0. The molecule has 0 fully saturated rings. The van der Waals surface area contributed by atoms with E-state index < -0.39 is 17.3 Å². The molecule has 1 aliphatic heterocycles. The third-order valence-electron chi connectivity index (χ3n) is 8.08. The van der Waals surface area contributed by atoms with E-state index in [1.807, 2.05) is 55.5 Å². The zero-order chi connectivity index (χ0) is 26.9. The summed E-state index contributed by atoms with van der Waals surface area (Å²) in [4.78, 5) is 28.4. The number of ketones is 1. The van der Waals surface area contributed by atoms with Crippen LogP contribution >= 0.6 is 0 Å². The maximum atomic E-state index is 14.4. The number of ether oxygens (including phenoxy) is 1. The molecule has 37 heavy (non-hydrogen) atoms. The number of hydrogen-bond acceptors (Lipinski definition) is 4. The number of benzene rings is 3. The lowest BCUT2D eigenvalue weighted by molar-refractivity contribution is -0.146. The van der Waals surface area contributed by atoms with Crippen molar-refractivity contribution in [3.05, 3.63) is 93.5 Å². The molecule has 3 aromatic rings. The smallest absolute Gasteiger partial charge is 0.326 e. The Labute approximate surface area is 219 Å². The van der Waals surface area contributed by atoms with Crippen molar-refractivity contribution in [2.24, 2.45) is 5.41 Å². The molecule has 0 radical (unpaired) electrons. The highest BCUT2D eigenvalue weighted by Crippen LogP contribution is 2.56. The number of aryl methyl sites for hydroxylation is 2. The first-order chi connectivity index (χ1) is 17.2. The van der Waals surface area contributed by atoms with Gasteiger partial charge in [-0.1, -0.05) is 89.6 Å². The molecule has 1 N–H and O–H groups in total. The Bertz CT molecular complexity index is 1400. The molecule has 0 saturated carbocycles. The molecular weight excluding hydrogens is 460 g/mol. The molecule has 0 saturated heterocycles. The van der Waals surface area contributed by atoms with Gasteiger partial charge in [0, 0.05) is 17.0 Å². The zero-order valence-electron chi connectivity index (χ0n) is 22.9. The monoisotopic (exact) mass is 496 g/mol. The predicted molar refractivity (Wildman–Crippen MR) is 146 cm³/mol. The topological polar surface area (TPSA) is 63.6 Å². The molecule has 0 amide bonds. The molecule has 1 aliphatic carbocycles. The maximum absolute atomic E-state index is 14.4. The number of para-hydroxylation sites is 1. The van der Waals surface area contributed by atoms with Gasteiger partial charge in [-0.3, -0.25) is 9.59 Å². The summed E-state index contributed by atoms with van der Waals surface area (Å²) in [5.41, 5.74) is 3.81. The maximum Gasteiger partial charge on any atom is 0.326 e. The van der Waals surface area contributed by atoms with Gasteiger partial charge in [0.15, 0.2) is 5.78 Å². The normalized spacial score (nSPS) is 21.4. The van der Waals surface area contributed by atoms with Crippen molar-refractivity contribution in [1.29, 1.82) is 0 Å². The van der Waals surface area contributed by atoms with Crippen molar-refractivity contribution in [1.82, 2.24) is 0 Å². The molecule has 2 aliphatic rings. The van der Waals surface area contributed by atoms with E-state index >= 15 is 0 Å². The number of phenolic OH excluding ortho intramolecular Hbond substituents is 1. The predicted octanol–water partition coefficient (Wildman–Crippen LogP) is 7.16. The molecule has 4 nitrogen and oxygen atoms in total. The van der Waals surface area contributed by atoms with Gasteiger partial charge in [0.05, 0.1) is 0 Å². The lowest BCUT2D eigenvalue weighted by atomic mass is 9.58. The number of phenols is 1. The number of carbonyl (C=O) groups excluding carboxylic acids is 2. The van der Waals surface area contributed by atoms with E-state index in [9.17, 15) is 14.7 Å². The first-order valence-corrected chi connectivity index (χ1v) is 13.1. The lowest BCUT2D eigenvalue weighted by Gasteiger charge is -2.44. The fourth-order valence-electron chi connectivity index (χ4n) is 6.09. The Balaban J connectivity index is 1.85. The summed E-state index contributed by atoms with van der Waals surface area (Å²) < 4.78 is 5.90. The Morgan fingerprint density at radius 3 is 2.14 bits per heavy atom. The molecule has 1 heterocycles. The van der Waals surface area contributed by atoms with E-state index in [-0.39, 0.29) is 22.4 Å². The second kappa shape index (κ2) is 8.31. The van der Waals surface area contributed by atoms with E-state index in [2.05, 4.69) is 41.5 Å². The standard InChI is InChI=1S/C33H36O4/c1-19-12-13-20-14-15-33(29(35)23(20)16-19)27(22-10-8-9-11-26(22)37-30(33)36)21-17-24(31(2,3)4)28(34)25(18-21)32(5,6)7/h8-13,16-18,27,34H,14-15H2,1-7H3/t27-,33-/m0/s1. The zero-order valence-corrected chi connectivity index (χ0v) is 22.9. The van der Waals surface area contributed by atoms with Gasteiger partial charge in [0.25, 0.3) is 0 Å².